The highest BCUT2D eigenvalue weighted by Gasteiger charge is 2.12. The average Bonchev–Trinajstić information content (AvgIpc) is 2.56. The zero-order valence-corrected chi connectivity index (χ0v) is 15.9. The van der Waals surface area contributed by atoms with Crippen LogP contribution < -0.4 is 4.72 Å². The van der Waals surface area contributed by atoms with E-state index in [1.165, 1.54) is 0 Å². The number of sulfonamides is 1. The highest BCUT2D eigenvalue weighted by Crippen LogP contribution is 2.21. The van der Waals surface area contributed by atoms with Gasteiger partial charge in [-0.25, -0.2) is 13.1 Å². The predicted molar refractivity (Wildman–Crippen MR) is 101 cm³/mol. The molecule has 3 nitrogen and oxygen atoms in total. The summed E-state index contributed by atoms with van der Waals surface area (Å²) in [5.41, 5.74) is 1.06. The second-order valence-electron chi connectivity index (χ2n) is 4.72. The summed E-state index contributed by atoms with van der Waals surface area (Å²) in [5.74, 6) is 1.46. The molecule has 0 heterocycles. The molecule has 0 saturated carbocycles. The Kier molecular flexibility index (Phi) is 7.30. The van der Waals surface area contributed by atoms with Crippen LogP contribution in [-0.2, 0) is 15.8 Å². The summed E-state index contributed by atoms with van der Waals surface area (Å²) in [6.45, 7) is 0.391. The van der Waals surface area contributed by atoms with Crippen LogP contribution in [0.3, 0.4) is 0 Å². The van der Waals surface area contributed by atoms with Gasteiger partial charge in [0.05, 0.1) is 4.90 Å². The molecule has 0 fully saturated rings. The summed E-state index contributed by atoms with van der Waals surface area (Å²) in [7, 11) is -3.44. The van der Waals surface area contributed by atoms with E-state index in [1.807, 2.05) is 42.7 Å². The monoisotopic (exact) mass is 387 g/mol. The number of rotatable bonds is 8. The molecule has 2 aromatic rings. The van der Waals surface area contributed by atoms with Crippen molar-refractivity contribution in [2.75, 3.05) is 18.6 Å². The molecule has 0 aromatic heterocycles. The van der Waals surface area contributed by atoms with Gasteiger partial charge >= 0.3 is 0 Å². The van der Waals surface area contributed by atoms with E-state index in [2.05, 4.69) is 4.72 Å². The highest BCUT2D eigenvalue weighted by atomic mass is 35.5. The van der Waals surface area contributed by atoms with Crippen LogP contribution in [-0.4, -0.2) is 27.0 Å². The quantitative estimate of drug-likeness (QED) is 0.542. The Labute approximate surface area is 151 Å². The first-order valence-electron chi connectivity index (χ1n) is 6.98. The van der Waals surface area contributed by atoms with Gasteiger partial charge in [0, 0.05) is 28.0 Å². The zero-order valence-electron chi connectivity index (χ0n) is 12.7. The summed E-state index contributed by atoms with van der Waals surface area (Å²) >= 11 is 9.32. The number of hydrogen-bond acceptors (Lipinski definition) is 4. The molecule has 124 valence electrons. The van der Waals surface area contributed by atoms with Gasteiger partial charge in [-0.05, 0) is 42.2 Å². The number of nitrogens with one attached hydrogen (secondary N) is 1. The molecular formula is C16H18ClNO2S3. The zero-order chi connectivity index (χ0) is 16.7. The molecule has 0 saturated heterocycles. The Morgan fingerprint density at radius 2 is 1.78 bits per heavy atom. The Morgan fingerprint density at radius 3 is 2.43 bits per heavy atom. The molecule has 7 heteroatoms. The first-order valence-corrected chi connectivity index (χ1v) is 11.2. The van der Waals surface area contributed by atoms with Crippen molar-refractivity contribution in [3.05, 3.63) is 59.1 Å². The highest BCUT2D eigenvalue weighted by molar-refractivity contribution is 7.98. The van der Waals surface area contributed by atoms with E-state index in [-0.39, 0.29) is 0 Å². The molecule has 0 unspecified atom stereocenters. The molecule has 0 spiro atoms. The van der Waals surface area contributed by atoms with Crippen LogP contribution in [0, 0.1) is 0 Å². The molecule has 0 atom stereocenters. The van der Waals surface area contributed by atoms with Crippen molar-refractivity contribution >= 4 is 45.1 Å². The molecule has 0 bridgehead atoms. The van der Waals surface area contributed by atoms with Crippen molar-refractivity contribution in [2.24, 2.45) is 0 Å². The Bertz CT molecular complexity index is 733. The third-order valence-electron chi connectivity index (χ3n) is 3.12. The van der Waals surface area contributed by atoms with Crippen molar-refractivity contribution in [3.8, 4) is 0 Å². The van der Waals surface area contributed by atoms with Crippen molar-refractivity contribution in [3.63, 3.8) is 0 Å². The average molecular weight is 388 g/mol. The number of hydrogen-bond donors (Lipinski definition) is 1. The summed E-state index contributed by atoms with van der Waals surface area (Å²) in [5, 5.41) is 0.745. The minimum Gasteiger partial charge on any atom is -0.210 e. The molecule has 0 amide bonds. The fraction of sp³-hybridized carbons (Fsp3) is 0.250. The van der Waals surface area contributed by atoms with Gasteiger partial charge in [0.15, 0.2) is 0 Å². The first kappa shape index (κ1) is 18.7. The van der Waals surface area contributed by atoms with Crippen LogP contribution in [0.5, 0.6) is 0 Å². The lowest BCUT2D eigenvalue weighted by atomic mass is 10.2. The van der Waals surface area contributed by atoms with Gasteiger partial charge in [-0.1, -0.05) is 29.8 Å². The second kappa shape index (κ2) is 8.99. The van der Waals surface area contributed by atoms with Gasteiger partial charge in [-0.3, -0.25) is 0 Å². The SMILES string of the molecule is CSc1ccc(S(=O)(=O)NCCSCc2ccccc2Cl)cc1. The van der Waals surface area contributed by atoms with Crippen molar-refractivity contribution in [1.82, 2.24) is 4.72 Å². The molecule has 0 aliphatic rings. The van der Waals surface area contributed by atoms with Gasteiger partial charge in [-0.2, -0.15) is 11.8 Å². The molecule has 1 N–H and O–H groups in total. The molecule has 23 heavy (non-hydrogen) atoms. The van der Waals surface area contributed by atoms with Crippen LogP contribution in [0.15, 0.2) is 58.3 Å². The van der Waals surface area contributed by atoms with Gasteiger partial charge < -0.3 is 0 Å². The molecule has 0 radical (unpaired) electrons. The number of benzene rings is 2. The summed E-state index contributed by atoms with van der Waals surface area (Å²) in [6.07, 6.45) is 1.96. The van der Waals surface area contributed by atoms with Crippen LogP contribution in [0.25, 0.3) is 0 Å². The minimum absolute atomic E-state index is 0.298. The van der Waals surface area contributed by atoms with E-state index >= 15 is 0 Å². The van der Waals surface area contributed by atoms with Crippen molar-refractivity contribution < 1.29 is 8.42 Å². The first-order chi connectivity index (χ1) is 11.0. The van der Waals surface area contributed by atoms with Crippen molar-refractivity contribution in [1.29, 1.82) is 0 Å². The van der Waals surface area contributed by atoms with Gasteiger partial charge in [-0.15, -0.1) is 11.8 Å². The van der Waals surface area contributed by atoms with Gasteiger partial charge in [0.1, 0.15) is 0 Å². The minimum atomic E-state index is -3.44. The molecule has 0 aliphatic heterocycles. The van der Waals surface area contributed by atoms with E-state index in [0.29, 0.717) is 17.2 Å². The van der Waals surface area contributed by atoms with E-state index in [0.717, 1.165) is 21.2 Å². The standard InChI is InChI=1S/C16H18ClNO2S3/c1-21-14-6-8-15(9-7-14)23(19,20)18-10-11-22-12-13-4-2-3-5-16(13)17/h2-9,18H,10-12H2,1H3. The molecule has 2 aromatic carbocycles. The van der Waals surface area contributed by atoms with Crippen molar-refractivity contribution in [2.45, 2.75) is 15.5 Å². The van der Waals surface area contributed by atoms with E-state index in [9.17, 15) is 8.42 Å². The number of thioether (sulfide) groups is 2. The fourth-order valence-electron chi connectivity index (χ4n) is 1.88. The Hall–Kier alpha value is -0.660. The Balaban J connectivity index is 1.79. The van der Waals surface area contributed by atoms with E-state index < -0.39 is 10.0 Å². The Morgan fingerprint density at radius 1 is 1.09 bits per heavy atom. The smallest absolute Gasteiger partial charge is 0.210 e. The summed E-state index contributed by atoms with van der Waals surface area (Å²) in [6, 6.07) is 14.6. The van der Waals surface area contributed by atoms with Gasteiger partial charge in [0.25, 0.3) is 0 Å². The predicted octanol–water partition coefficient (Wildman–Crippen LogP) is 4.27. The summed E-state index contributed by atoms with van der Waals surface area (Å²) in [4.78, 5) is 1.34. The lowest BCUT2D eigenvalue weighted by Gasteiger charge is -2.08. The molecule has 2 rings (SSSR count). The van der Waals surface area contributed by atoms with Crippen LogP contribution in [0.4, 0.5) is 0 Å². The lowest BCUT2D eigenvalue weighted by molar-refractivity contribution is 0.584. The van der Waals surface area contributed by atoms with Crippen LogP contribution in [0.2, 0.25) is 5.02 Å². The van der Waals surface area contributed by atoms with Crippen LogP contribution >= 0.6 is 35.1 Å². The largest absolute Gasteiger partial charge is 0.240 e. The normalized spacial score (nSPS) is 11.6. The second-order valence-corrected chi connectivity index (χ2v) is 8.88. The maximum Gasteiger partial charge on any atom is 0.240 e. The molecular weight excluding hydrogens is 370 g/mol. The summed E-state index contributed by atoms with van der Waals surface area (Å²) < 4.78 is 27.0. The van der Waals surface area contributed by atoms with E-state index in [4.69, 9.17) is 11.6 Å². The molecule has 0 aliphatic carbocycles. The fourth-order valence-corrected chi connectivity index (χ4v) is 4.60. The lowest BCUT2D eigenvalue weighted by Crippen LogP contribution is -2.26. The van der Waals surface area contributed by atoms with Crippen LogP contribution in [0.1, 0.15) is 5.56 Å². The third-order valence-corrected chi connectivity index (χ3v) is 6.72. The third kappa shape index (κ3) is 5.72. The topological polar surface area (TPSA) is 46.2 Å². The maximum absolute atomic E-state index is 12.2. The number of halogens is 1. The van der Waals surface area contributed by atoms with Gasteiger partial charge in [0.2, 0.25) is 10.0 Å². The maximum atomic E-state index is 12.2. The van der Waals surface area contributed by atoms with E-state index in [1.54, 1.807) is 35.7 Å².